The van der Waals surface area contributed by atoms with E-state index in [9.17, 15) is 4.79 Å². The molecule has 3 rings (SSSR count). The number of aromatic amines is 1. The Morgan fingerprint density at radius 2 is 2.43 bits per heavy atom. The lowest BCUT2D eigenvalue weighted by Crippen LogP contribution is -2.37. The molecule has 0 aromatic carbocycles. The largest absolute Gasteiger partial charge is 0.352 e. The highest BCUT2D eigenvalue weighted by atomic mass is 32.1. The van der Waals surface area contributed by atoms with Crippen LogP contribution in [0, 0.1) is 0 Å². The van der Waals surface area contributed by atoms with Crippen molar-refractivity contribution in [3.8, 4) is 10.6 Å². The number of nitrogens with one attached hydrogen (secondary N) is 2. The molecule has 0 aliphatic carbocycles. The number of thiophene rings is 1. The van der Waals surface area contributed by atoms with Gasteiger partial charge in [0.05, 0.1) is 16.8 Å². The summed E-state index contributed by atoms with van der Waals surface area (Å²) < 4.78 is 0. The summed E-state index contributed by atoms with van der Waals surface area (Å²) in [5, 5.41) is 12.2. The molecule has 0 spiro atoms. The number of likely N-dealkylation sites (tertiary alicyclic amines) is 1. The Hall–Kier alpha value is -1.66. The second kappa shape index (κ2) is 7.75. The van der Waals surface area contributed by atoms with Gasteiger partial charge in [0.1, 0.15) is 0 Å². The Balaban J connectivity index is 1.47. The number of H-pyrrole nitrogens is 1. The number of nitrogens with zero attached hydrogens (tertiary/aromatic N) is 2. The lowest BCUT2D eigenvalue weighted by Gasteiger charge is -2.32. The molecule has 0 bridgehead atoms. The predicted octanol–water partition coefficient (Wildman–Crippen LogP) is 3.02. The zero-order chi connectivity index (χ0) is 16.1. The van der Waals surface area contributed by atoms with Crippen molar-refractivity contribution in [2.45, 2.75) is 44.7 Å². The average Bonchev–Trinajstić information content (AvgIpc) is 3.22. The summed E-state index contributed by atoms with van der Waals surface area (Å²) in [5.41, 5.74) is 2.04. The van der Waals surface area contributed by atoms with Gasteiger partial charge in [-0.15, -0.1) is 11.3 Å². The van der Waals surface area contributed by atoms with Crippen LogP contribution >= 0.6 is 11.3 Å². The molecule has 2 aromatic heterocycles. The first-order chi connectivity index (χ1) is 11.2. The summed E-state index contributed by atoms with van der Waals surface area (Å²) in [6, 6.07) is 4.64. The Morgan fingerprint density at radius 3 is 3.22 bits per heavy atom. The van der Waals surface area contributed by atoms with Crippen LogP contribution in [0.15, 0.2) is 23.7 Å². The maximum atomic E-state index is 12.1. The highest BCUT2D eigenvalue weighted by Crippen LogP contribution is 2.25. The monoisotopic (exact) mass is 332 g/mol. The van der Waals surface area contributed by atoms with E-state index in [0.717, 1.165) is 29.1 Å². The standard InChI is InChI=1S/C17H24N4OS/c1-21-9-3-2-5-14(21)7-8-16(22)18-11-13-12-19-20-17(13)15-6-4-10-23-15/h4,6,10,12,14H,2-3,5,7-9,11H2,1H3,(H,18,22)(H,19,20)/t14-/m1/s1. The van der Waals surface area contributed by atoms with E-state index >= 15 is 0 Å². The van der Waals surface area contributed by atoms with E-state index < -0.39 is 0 Å². The first-order valence-corrected chi connectivity index (χ1v) is 9.15. The summed E-state index contributed by atoms with van der Waals surface area (Å²) in [5.74, 6) is 0.127. The molecule has 23 heavy (non-hydrogen) atoms. The van der Waals surface area contributed by atoms with Crippen LogP contribution in [0.2, 0.25) is 0 Å². The number of carbonyl (C=O) groups is 1. The smallest absolute Gasteiger partial charge is 0.220 e. The van der Waals surface area contributed by atoms with Crippen LogP contribution in [0.5, 0.6) is 0 Å². The minimum absolute atomic E-state index is 0.127. The van der Waals surface area contributed by atoms with Gasteiger partial charge in [0.2, 0.25) is 5.91 Å². The third kappa shape index (κ3) is 4.20. The fraction of sp³-hybridized carbons (Fsp3) is 0.529. The van der Waals surface area contributed by atoms with E-state index in [1.54, 1.807) is 17.5 Å². The topological polar surface area (TPSA) is 61.0 Å². The molecule has 1 saturated heterocycles. The van der Waals surface area contributed by atoms with E-state index in [1.165, 1.54) is 19.3 Å². The summed E-state index contributed by atoms with van der Waals surface area (Å²) >= 11 is 1.67. The Bertz CT molecular complexity index is 622. The number of hydrogen-bond acceptors (Lipinski definition) is 4. The molecule has 2 aromatic rings. The molecule has 1 fully saturated rings. The number of hydrogen-bond donors (Lipinski definition) is 2. The summed E-state index contributed by atoms with van der Waals surface area (Å²) in [6.07, 6.45) is 7.13. The van der Waals surface area contributed by atoms with Gasteiger partial charge in [-0.05, 0) is 44.3 Å². The van der Waals surface area contributed by atoms with Crippen LogP contribution in [-0.4, -0.2) is 40.6 Å². The van der Waals surface area contributed by atoms with Crippen molar-refractivity contribution in [3.63, 3.8) is 0 Å². The van der Waals surface area contributed by atoms with Crippen LogP contribution in [0.1, 0.15) is 37.7 Å². The first kappa shape index (κ1) is 16.2. The van der Waals surface area contributed by atoms with Crippen molar-refractivity contribution in [1.29, 1.82) is 0 Å². The Kier molecular flexibility index (Phi) is 5.46. The first-order valence-electron chi connectivity index (χ1n) is 8.27. The summed E-state index contributed by atoms with van der Waals surface area (Å²) in [6.45, 7) is 1.69. The maximum Gasteiger partial charge on any atom is 0.220 e. The third-order valence-corrected chi connectivity index (χ3v) is 5.47. The quantitative estimate of drug-likeness (QED) is 0.855. The molecule has 124 valence electrons. The van der Waals surface area contributed by atoms with Crippen LogP contribution in [-0.2, 0) is 11.3 Å². The van der Waals surface area contributed by atoms with Gasteiger partial charge < -0.3 is 10.2 Å². The van der Waals surface area contributed by atoms with E-state index in [4.69, 9.17) is 0 Å². The van der Waals surface area contributed by atoms with E-state index in [2.05, 4.69) is 33.5 Å². The molecule has 0 unspecified atom stereocenters. The van der Waals surface area contributed by atoms with Crippen molar-refractivity contribution in [1.82, 2.24) is 20.4 Å². The van der Waals surface area contributed by atoms with Gasteiger partial charge in [0.25, 0.3) is 0 Å². The molecule has 2 N–H and O–H groups in total. The highest BCUT2D eigenvalue weighted by molar-refractivity contribution is 7.13. The fourth-order valence-electron chi connectivity index (χ4n) is 3.17. The predicted molar refractivity (Wildman–Crippen MR) is 93.3 cm³/mol. The fourth-order valence-corrected chi connectivity index (χ4v) is 3.92. The van der Waals surface area contributed by atoms with Gasteiger partial charge in [-0.2, -0.15) is 5.10 Å². The zero-order valence-corrected chi connectivity index (χ0v) is 14.4. The second-order valence-corrected chi connectivity index (χ2v) is 7.14. The minimum atomic E-state index is 0.127. The van der Waals surface area contributed by atoms with Crippen molar-refractivity contribution in [2.75, 3.05) is 13.6 Å². The van der Waals surface area contributed by atoms with Crippen LogP contribution in [0.25, 0.3) is 10.6 Å². The lowest BCUT2D eigenvalue weighted by molar-refractivity contribution is -0.121. The normalized spacial score (nSPS) is 18.9. The third-order valence-electron chi connectivity index (χ3n) is 4.59. The molecular weight excluding hydrogens is 308 g/mol. The van der Waals surface area contributed by atoms with Crippen LogP contribution in [0.4, 0.5) is 0 Å². The molecule has 3 heterocycles. The van der Waals surface area contributed by atoms with Crippen molar-refractivity contribution in [2.24, 2.45) is 0 Å². The van der Waals surface area contributed by atoms with Gasteiger partial charge in [0.15, 0.2) is 0 Å². The highest BCUT2D eigenvalue weighted by Gasteiger charge is 2.19. The van der Waals surface area contributed by atoms with Crippen LogP contribution in [0.3, 0.4) is 0 Å². The van der Waals surface area contributed by atoms with E-state index in [-0.39, 0.29) is 5.91 Å². The maximum absolute atomic E-state index is 12.1. The molecule has 1 atom stereocenters. The molecule has 1 amide bonds. The van der Waals surface area contributed by atoms with Crippen molar-refractivity contribution < 1.29 is 4.79 Å². The van der Waals surface area contributed by atoms with Gasteiger partial charge in [-0.1, -0.05) is 12.5 Å². The molecule has 0 saturated carbocycles. The number of piperidine rings is 1. The SMILES string of the molecule is CN1CCCC[C@@H]1CCC(=O)NCc1cn[nH]c1-c1cccs1. The molecule has 6 heteroatoms. The van der Waals surface area contributed by atoms with Crippen LogP contribution < -0.4 is 5.32 Å². The number of rotatable bonds is 6. The van der Waals surface area contributed by atoms with E-state index in [1.807, 2.05) is 11.4 Å². The molecule has 0 radical (unpaired) electrons. The van der Waals surface area contributed by atoms with Crippen molar-refractivity contribution >= 4 is 17.2 Å². The van der Waals surface area contributed by atoms with Gasteiger partial charge in [-0.25, -0.2) is 0 Å². The Morgan fingerprint density at radius 1 is 1.52 bits per heavy atom. The van der Waals surface area contributed by atoms with Gasteiger partial charge in [0, 0.05) is 24.6 Å². The van der Waals surface area contributed by atoms with Gasteiger partial charge >= 0.3 is 0 Å². The number of carbonyl (C=O) groups excluding carboxylic acids is 1. The summed E-state index contributed by atoms with van der Waals surface area (Å²) in [7, 11) is 2.17. The summed E-state index contributed by atoms with van der Waals surface area (Å²) in [4.78, 5) is 15.7. The number of amides is 1. The molecule has 5 nitrogen and oxygen atoms in total. The average molecular weight is 332 g/mol. The van der Waals surface area contributed by atoms with Gasteiger partial charge in [-0.3, -0.25) is 9.89 Å². The van der Waals surface area contributed by atoms with E-state index in [0.29, 0.717) is 19.0 Å². The molecule has 1 aliphatic rings. The second-order valence-electron chi connectivity index (χ2n) is 6.19. The van der Waals surface area contributed by atoms with Crippen molar-refractivity contribution in [3.05, 3.63) is 29.3 Å². The molecular formula is C17H24N4OS. The molecule has 1 aliphatic heterocycles. The zero-order valence-electron chi connectivity index (χ0n) is 13.5. The lowest BCUT2D eigenvalue weighted by atomic mass is 9.98. The minimum Gasteiger partial charge on any atom is -0.352 e. The Labute approximate surface area is 141 Å². The number of aromatic nitrogens is 2.